The molecule has 1 N–H and O–H groups in total. The quantitative estimate of drug-likeness (QED) is 0.897. The Morgan fingerprint density at radius 1 is 1.26 bits per heavy atom. The number of rotatable bonds is 5. The highest BCUT2D eigenvalue weighted by molar-refractivity contribution is 7.89. The van der Waals surface area contributed by atoms with Gasteiger partial charge in [0, 0.05) is 31.7 Å². The first-order chi connectivity index (χ1) is 10.7. The van der Waals surface area contributed by atoms with Gasteiger partial charge < -0.3 is 5.32 Å². The first kappa shape index (κ1) is 17.4. The minimum absolute atomic E-state index is 0.0635. The first-order valence-electron chi connectivity index (χ1n) is 7.28. The summed E-state index contributed by atoms with van der Waals surface area (Å²) in [7, 11) is -0.383. The zero-order valence-corrected chi connectivity index (χ0v) is 14.6. The highest BCUT2D eigenvalue weighted by Gasteiger charge is 2.16. The topological polar surface area (TPSA) is 79.4 Å². The molecule has 0 atom stereocenters. The highest BCUT2D eigenvalue weighted by Crippen LogP contribution is 2.21. The predicted octanol–water partition coefficient (Wildman–Crippen LogP) is 1.47. The van der Waals surface area contributed by atoms with Crippen LogP contribution in [0.15, 0.2) is 24.3 Å². The number of carbonyl (C=O) groups excluding carboxylic acids is 1. The molecule has 124 valence electrons. The third-order valence-corrected chi connectivity index (χ3v) is 5.45. The van der Waals surface area contributed by atoms with Crippen LogP contribution in [0.25, 0.3) is 10.9 Å². The van der Waals surface area contributed by atoms with Gasteiger partial charge in [-0.25, -0.2) is 12.7 Å². The monoisotopic (exact) mass is 335 g/mol. The second-order valence-corrected chi connectivity index (χ2v) is 7.94. The molecule has 0 bridgehead atoms. The third-order valence-electron chi connectivity index (χ3n) is 3.62. The van der Waals surface area contributed by atoms with E-state index in [2.05, 4.69) is 10.3 Å². The summed E-state index contributed by atoms with van der Waals surface area (Å²) in [5, 5.41) is 3.44. The number of pyridine rings is 1. The van der Waals surface area contributed by atoms with E-state index in [9.17, 15) is 13.2 Å². The maximum absolute atomic E-state index is 12.4. The van der Waals surface area contributed by atoms with Crippen molar-refractivity contribution in [1.29, 1.82) is 0 Å². The lowest BCUT2D eigenvalue weighted by molar-refractivity contribution is 0.0957. The van der Waals surface area contributed by atoms with Crippen LogP contribution in [-0.2, 0) is 10.0 Å². The number of sulfonamides is 1. The Morgan fingerprint density at radius 2 is 1.96 bits per heavy atom. The fourth-order valence-electron chi connectivity index (χ4n) is 2.28. The van der Waals surface area contributed by atoms with Gasteiger partial charge in [-0.2, -0.15) is 0 Å². The molecule has 2 rings (SSSR count). The summed E-state index contributed by atoms with van der Waals surface area (Å²) >= 11 is 0. The minimum Gasteiger partial charge on any atom is -0.351 e. The molecule has 0 saturated carbocycles. The summed E-state index contributed by atoms with van der Waals surface area (Å²) in [6, 6.07) is 7.39. The van der Waals surface area contributed by atoms with E-state index in [1.807, 2.05) is 32.0 Å². The van der Waals surface area contributed by atoms with Gasteiger partial charge in [0.15, 0.2) is 0 Å². The second kappa shape index (κ2) is 6.64. The molecule has 0 radical (unpaired) electrons. The average molecular weight is 335 g/mol. The van der Waals surface area contributed by atoms with Crippen molar-refractivity contribution < 1.29 is 13.2 Å². The number of hydrogen-bond donors (Lipinski definition) is 1. The van der Waals surface area contributed by atoms with E-state index in [1.165, 1.54) is 14.1 Å². The van der Waals surface area contributed by atoms with Crippen molar-refractivity contribution in [1.82, 2.24) is 14.6 Å². The summed E-state index contributed by atoms with van der Waals surface area (Å²) in [4.78, 5) is 16.9. The van der Waals surface area contributed by atoms with Crippen LogP contribution in [0.2, 0.25) is 0 Å². The van der Waals surface area contributed by atoms with Crippen molar-refractivity contribution in [3.8, 4) is 0 Å². The Bertz CT molecular complexity index is 845. The van der Waals surface area contributed by atoms with E-state index < -0.39 is 10.0 Å². The van der Waals surface area contributed by atoms with Gasteiger partial charge in [-0.1, -0.05) is 18.2 Å². The lowest BCUT2D eigenvalue weighted by atomic mass is 10.0. The number of aryl methyl sites for hydroxylation is 2. The van der Waals surface area contributed by atoms with Crippen LogP contribution in [0.1, 0.15) is 21.6 Å². The number of amides is 1. The van der Waals surface area contributed by atoms with E-state index >= 15 is 0 Å². The molecule has 2 aromatic rings. The molecule has 6 nitrogen and oxygen atoms in total. The summed E-state index contributed by atoms with van der Waals surface area (Å²) in [6.07, 6.45) is 0. The maximum atomic E-state index is 12.4. The van der Waals surface area contributed by atoms with Gasteiger partial charge in [0.25, 0.3) is 5.91 Å². The molecule has 0 saturated heterocycles. The van der Waals surface area contributed by atoms with Crippen LogP contribution >= 0.6 is 0 Å². The lowest BCUT2D eigenvalue weighted by Gasteiger charge is -2.13. The van der Waals surface area contributed by atoms with Crippen LogP contribution in [-0.4, -0.2) is 50.0 Å². The molecule has 0 fully saturated rings. The Balaban J connectivity index is 2.24. The predicted molar refractivity (Wildman–Crippen MR) is 91.0 cm³/mol. The molecule has 0 aliphatic rings. The molecule has 1 aromatic heterocycles. The SMILES string of the molecule is Cc1cc(C(=O)NCCS(=O)(=O)N(C)C)c2cccc(C)c2n1. The average Bonchev–Trinajstić information content (AvgIpc) is 2.47. The van der Waals surface area contributed by atoms with Gasteiger partial charge in [0.2, 0.25) is 10.0 Å². The van der Waals surface area contributed by atoms with Crippen LogP contribution < -0.4 is 5.32 Å². The number of nitrogens with zero attached hydrogens (tertiary/aromatic N) is 2. The van der Waals surface area contributed by atoms with Crippen molar-refractivity contribution >= 4 is 26.8 Å². The van der Waals surface area contributed by atoms with Gasteiger partial charge in [0.05, 0.1) is 16.8 Å². The Hall–Kier alpha value is -1.99. The zero-order valence-electron chi connectivity index (χ0n) is 13.8. The van der Waals surface area contributed by atoms with Gasteiger partial charge in [-0.3, -0.25) is 9.78 Å². The molecule has 1 aromatic carbocycles. The van der Waals surface area contributed by atoms with Crippen molar-refractivity contribution in [2.45, 2.75) is 13.8 Å². The Morgan fingerprint density at radius 3 is 2.61 bits per heavy atom. The number of carbonyl (C=O) groups is 1. The smallest absolute Gasteiger partial charge is 0.252 e. The number of nitrogens with one attached hydrogen (secondary N) is 1. The Labute approximate surface area is 136 Å². The molecule has 1 amide bonds. The van der Waals surface area contributed by atoms with Gasteiger partial charge >= 0.3 is 0 Å². The number of fused-ring (bicyclic) bond motifs is 1. The lowest BCUT2D eigenvalue weighted by Crippen LogP contribution is -2.34. The van der Waals surface area contributed by atoms with Crippen LogP contribution in [0, 0.1) is 13.8 Å². The molecular weight excluding hydrogens is 314 g/mol. The van der Waals surface area contributed by atoms with Crippen molar-refractivity contribution in [3.63, 3.8) is 0 Å². The van der Waals surface area contributed by atoms with E-state index in [0.29, 0.717) is 5.56 Å². The van der Waals surface area contributed by atoms with Crippen LogP contribution in [0.4, 0.5) is 0 Å². The third kappa shape index (κ3) is 3.86. The van der Waals surface area contributed by atoms with E-state index in [1.54, 1.807) is 6.07 Å². The zero-order chi connectivity index (χ0) is 17.2. The van der Waals surface area contributed by atoms with Crippen molar-refractivity contribution in [3.05, 3.63) is 41.1 Å². The normalized spacial score (nSPS) is 11.9. The van der Waals surface area contributed by atoms with Gasteiger partial charge in [-0.15, -0.1) is 0 Å². The number of benzene rings is 1. The molecule has 0 aliphatic carbocycles. The summed E-state index contributed by atoms with van der Waals surface area (Å²) in [6.45, 7) is 3.84. The van der Waals surface area contributed by atoms with Crippen molar-refractivity contribution in [2.75, 3.05) is 26.4 Å². The standard InChI is InChI=1S/C16H21N3O3S/c1-11-6-5-7-13-14(10-12(2)18-15(11)13)16(20)17-8-9-23(21,22)19(3)4/h5-7,10H,8-9H2,1-4H3,(H,17,20). The van der Waals surface area contributed by atoms with Crippen LogP contribution in [0.3, 0.4) is 0 Å². The molecule has 23 heavy (non-hydrogen) atoms. The summed E-state index contributed by atoms with van der Waals surface area (Å²) in [5.74, 6) is -0.424. The van der Waals surface area contributed by atoms with E-state index in [0.717, 1.165) is 26.5 Å². The fraction of sp³-hybridized carbons (Fsp3) is 0.375. The minimum atomic E-state index is -3.33. The molecule has 0 unspecified atom stereocenters. The number of hydrogen-bond acceptors (Lipinski definition) is 4. The largest absolute Gasteiger partial charge is 0.351 e. The second-order valence-electron chi connectivity index (χ2n) is 5.64. The van der Waals surface area contributed by atoms with Gasteiger partial charge in [-0.05, 0) is 25.5 Å². The van der Waals surface area contributed by atoms with E-state index in [4.69, 9.17) is 0 Å². The molecule has 0 spiro atoms. The Kier molecular flexibility index (Phi) is 5.01. The van der Waals surface area contributed by atoms with Crippen LogP contribution in [0.5, 0.6) is 0 Å². The van der Waals surface area contributed by atoms with Gasteiger partial charge in [0.1, 0.15) is 0 Å². The fourth-order valence-corrected chi connectivity index (χ4v) is 3.00. The number of aromatic nitrogens is 1. The van der Waals surface area contributed by atoms with E-state index in [-0.39, 0.29) is 18.2 Å². The highest BCUT2D eigenvalue weighted by atomic mass is 32.2. The molecule has 7 heteroatoms. The molecule has 1 heterocycles. The maximum Gasteiger partial charge on any atom is 0.252 e. The molecule has 0 aliphatic heterocycles. The first-order valence-corrected chi connectivity index (χ1v) is 8.88. The summed E-state index contributed by atoms with van der Waals surface area (Å²) < 4.78 is 24.6. The number of para-hydroxylation sites is 1. The molecular formula is C16H21N3O3S. The summed E-state index contributed by atoms with van der Waals surface area (Å²) in [5.41, 5.74) is 3.05. The van der Waals surface area contributed by atoms with Crippen molar-refractivity contribution in [2.24, 2.45) is 0 Å².